The first-order chi connectivity index (χ1) is 9.81. The maximum absolute atomic E-state index is 8.92. The monoisotopic (exact) mass is 280 g/mol. The summed E-state index contributed by atoms with van der Waals surface area (Å²) in [4.78, 5) is 0. The van der Waals surface area contributed by atoms with Gasteiger partial charge in [-0.25, -0.2) is 0 Å². The van der Waals surface area contributed by atoms with E-state index in [0.717, 1.165) is 16.9 Å². The fourth-order valence-corrected chi connectivity index (χ4v) is 2.17. The van der Waals surface area contributed by atoms with Crippen LogP contribution in [0, 0.1) is 18.3 Å². The molecule has 2 aromatic rings. The fourth-order valence-electron chi connectivity index (χ4n) is 2.17. The Labute approximate surface area is 126 Å². The number of aryl methyl sites for hydroxylation is 1. The van der Waals surface area contributed by atoms with Gasteiger partial charge in [0.25, 0.3) is 0 Å². The molecule has 0 aliphatic carbocycles. The minimum atomic E-state index is -0.0127. The number of hydrogen-bond acceptors (Lipinski definition) is 3. The third-order valence-corrected chi connectivity index (χ3v) is 3.32. The van der Waals surface area contributed by atoms with Gasteiger partial charge in [-0.05, 0) is 36.1 Å². The smallest absolute Gasteiger partial charge is 0.131 e. The fraction of sp³-hybridized carbons (Fsp3) is 0.278. The van der Waals surface area contributed by atoms with Gasteiger partial charge in [-0.1, -0.05) is 32.9 Å². The number of nitriles is 1. The van der Waals surface area contributed by atoms with Crippen molar-refractivity contribution < 1.29 is 4.74 Å². The number of nitrogens with two attached hydrogens (primary N) is 1. The molecule has 108 valence electrons. The normalized spacial score (nSPS) is 11.0. The molecule has 0 spiro atoms. The van der Waals surface area contributed by atoms with Gasteiger partial charge in [-0.3, -0.25) is 0 Å². The van der Waals surface area contributed by atoms with Crippen molar-refractivity contribution in [3.63, 3.8) is 0 Å². The number of hydrogen-bond donors (Lipinski definition) is 1. The number of rotatable bonds is 2. The van der Waals surface area contributed by atoms with Crippen molar-refractivity contribution in [3.8, 4) is 17.6 Å². The summed E-state index contributed by atoms with van der Waals surface area (Å²) in [5.41, 5.74) is 8.99. The highest BCUT2D eigenvalue weighted by Gasteiger charge is 2.19. The zero-order chi connectivity index (χ0) is 15.6. The molecule has 0 aliphatic heterocycles. The Bertz CT molecular complexity index is 706. The van der Waals surface area contributed by atoms with Crippen molar-refractivity contribution in [2.24, 2.45) is 0 Å². The van der Waals surface area contributed by atoms with E-state index in [2.05, 4.69) is 39.0 Å². The van der Waals surface area contributed by atoms with Crippen LogP contribution in [0.15, 0.2) is 36.4 Å². The van der Waals surface area contributed by atoms with Crippen LogP contribution in [0.3, 0.4) is 0 Å². The molecule has 2 N–H and O–H groups in total. The lowest BCUT2D eigenvalue weighted by Crippen LogP contribution is -2.12. The number of nitrogens with zero attached hydrogens (tertiary/aromatic N) is 1. The third kappa shape index (κ3) is 3.35. The summed E-state index contributed by atoms with van der Waals surface area (Å²) in [6.07, 6.45) is 0. The Morgan fingerprint density at radius 2 is 1.81 bits per heavy atom. The predicted molar refractivity (Wildman–Crippen MR) is 85.5 cm³/mol. The minimum absolute atomic E-state index is 0.0127. The van der Waals surface area contributed by atoms with E-state index in [9.17, 15) is 0 Å². The zero-order valence-electron chi connectivity index (χ0n) is 12.9. The quantitative estimate of drug-likeness (QED) is 0.822. The van der Waals surface area contributed by atoms with Crippen LogP contribution in [-0.2, 0) is 5.41 Å². The molecule has 0 heterocycles. The van der Waals surface area contributed by atoms with Gasteiger partial charge >= 0.3 is 0 Å². The van der Waals surface area contributed by atoms with Crippen LogP contribution < -0.4 is 10.5 Å². The Hall–Kier alpha value is -2.47. The van der Waals surface area contributed by atoms with Crippen LogP contribution in [0.5, 0.6) is 11.5 Å². The van der Waals surface area contributed by atoms with Gasteiger partial charge in [0.05, 0.1) is 11.3 Å². The van der Waals surface area contributed by atoms with E-state index in [1.807, 2.05) is 13.0 Å². The molecule has 0 aliphatic rings. The van der Waals surface area contributed by atoms with Crippen molar-refractivity contribution in [2.75, 3.05) is 5.73 Å². The van der Waals surface area contributed by atoms with Gasteiger partial charge in [-0.2, -0.15) is 5.26 Å². The summed E-state index contributed by atoms with van der Waals surface area (Å²) < 4.78 is 6.01. The van der Waals surface area contributed by atoms with Crippen LogP contribution in [0.25, 0.3) is 0 Å². The number of benzene rings is 2. The van der Waals surface area contributed by atoms with E-state index >= 15 is 0 Å². The Balaban J connectivity index is 2.42. The van der Waals surface area contributed by atoms with Gasteiger partial charge in [0.2, 0.25) is 0 Å². The van der Waals surface area contributed by atoms with E-state index in [4.69, 9.17) is 15.7 Å². The molecule has 3 heteroatoms. The van der Waals surface area contributed by atoms with Crippen molar-refractivity contribution in [3.05, 3.63) is 53.1 Å². The highest BCUT2D eigenvalue weighted by Crippen LogP contribution is 2.35. The summed E-state index contributed by atoms with van der Waals surface area (Å²) in [6, 6.07) is 13.4. The molecule has 0 radical (unpaired) electrons. The molecule has 0 fully saturated rings. The second-order valence-corrected chi connectivity index (χ2v) is 6.21. The standard InChI is InChI=1S/C18H20N2O/c1-12-5-8-15(18(2,3)4)17(9-12)21-14-7-6-13(11-19)16(20)10-14/h5-10H,20H2,1-4H3. The molecule has 0 unspecified atom stereocenters. The van der Waals surface area contributed by atoms with Crippen LogP contribution in [-0.4, -0.2) is 0 Å². The second kappa shape index (κ2) is 5.49. The molecule has 0 atom stereocenters. The van der Waals surface area contributed by atoms with Crippen LogP contribution >= 0.6 is 0 Å². The third-order valence-electron chi connectivity index (χ3n) is 3.32. The molecule has 0 saturated heterocycles. The predicted octanol–water partition coefficient (Wildman–Crippen LogP) is 4.54. The number of nitrogen functional groups attached to an aromatic ring is 1. The number of anilines is 1. The zero-order valence-corrected chi connectivity index (χ0v) is 12.9. The molecule has 2 rings (SSSR count). The number of ether oxygens (including phenoxy) is 1. The Kier molecular flexibility index (Phi) is 3.90. The van der Waals surface area contributed by atoms with Crippen molar-refractivity contribution in [1.29, 1.82) is 5.26 Å². The first kappa shape index (κ1) is 14.9. The highest BCUT2D eigenvalue weighted by molar-refractivity contribution is 5.58. The molecule has 0 saturated carbocycles. The maximum Gasteiger partial charge on any atom is 0.131 e. The van der Waals surface area contributed by atoms with Gasteiger partial charge < -0.3 is 10.5 Å². The van der Waals surface area contributed by atoms with Crippen molar-refractivity contribution in [1.82, 2.24) is 0 Å². The molecule has 2 aromatic carbocycles. The van der Waals surface area contributed by atoms with E-state index < -0.39 is 0 Å². The highest BCUT2D eigenvalue weighted by atomic mass is 16.5. The van der Waals surface area contributed by atoms with E-state index in [0.29, 0.717) is 17.0 Å². The lowest BCUT2D eigenvalue weighted by atomic mass is 9.86. The van der Waals surface area contributed by atoms with Crippen LogP contribution in [0.4, 0.5) is 5.69 Å². The summed E-state index contributed by atoms with van der Waals surface area (Å²) in [7, 11) is 0. The summed E-state index contributed by atoms with van der Waals surface area (Å²) in [5.74, 6) is 1.47. The van der Waals surface area contributed by atoms with Crippen LogP contribution in [0.2, 0.25) is 0 Å². The van der Waals surface area contributed by atoms with Gasteiger partial charge in [0, 0.05) is 11.6 Å². The van der Waals surface area contributed by atoms with Gasteiger partial charge in [0.15, 0.2) is 0 Å². The molecule has 0 aromatic heterocycles. The first-order valence-electron chi connectivity index (χ1n) is 6.90. The van der Waals surface area contributed by atoms with E-state index in [1.54, 1.807) is 18.2 Å². The molecule has 21 heavy (non-hydrogen) atoms. The molecular formula is C18H20N2O. The Morgan fingerprint density at radius 3 is 2.38 bits per heavy atom. The largest absolute Gasteiger partial charge is 0.457 e. The molecule has 0 bridgehead atoms. The van der Waals surface area contributed by atoms with Gasteiger partial charge in [-0.15, -0.1) is 0 Å². The van der Waals surface area contributed by atoms with Crippen LogP contribution in [0.1, 0.15) is 37.5 Å². The summed E-state index contributed by atoms with van der Waals surface area (Å²) in [5, 5.41) is 8.92. The lowest BCUT2D eigenvalue weighted by molar-refractivity contribution is 0.455. The molecular weight excluding hydrogens is 260 g/mol. The first-order valence-corrected chi connectivity index (χ1v) is 6.90. The van der Waals surface area contributed by atoms with E-state index in [1.165, 1.54) is 0 Å². The lowest BCUT2D eigenvalue weighted by Gasteiger charge is -2.23. The summed E-state index contributed by atoms with van der Waals surface area (Å²) in [6.45, 7) is 8.49. The minimum Gasteiger partial charge on any atom is -0.457 e. The van der Waals surface area contributed by atoms with E-state index in [-0.39, 0.29) is 5.41 Å². The van der Waals surface area contributed by atoms with Crippen molar-refractivity contribution >= 4 is 5.69 Å². The topological polar surface area (TPSA) is 59.0 Å². The maximum atomic E-state index is 8.92. The second-order valence-electron chi connectivity index (χ2n) is 6.21. The summed E-state index contributed by atoms with van der Waals surface area (Å²) >= 11 is 0. The Morgan fingerprint density at radius 1 is 1.10 bits per heavy atom. The van der Waals surface area contributed by atoms with Gasteiger partial charge in [0.1, 0.15) is 17.6 Å². The SMILES string of the molecule is Cc1ccc(C(C)(C)C)c(Oc2ccc(C#N)c(N)c2)c1. The van der Waals surface area contributed by atoms with Crippen molar-refractivity contribution in [2.45, 2.75) is 33.1 Å². The average Bonchev–Trinajstić information content (AvgIpc) is 2.37. The molecule has 3 nitrogen and oxygen atoms in total. The average molecular weight is 280 g/mol. The molecule has 0 amide bonds.